The zero-order valence-corrected chi connectivity index (χ0v) is 26.7. The fourth-order valence-electron chi connectivity index (χ4n) is 6.44. The van der Waals surface area contributed by atoms with Crippen LogP contribution in [0, 0.1) is 23.6 Å². The van der Waals surface area contributed by atoms with Gasteiger partial charge in [0, 0.05) is 51.3 Å². The van der Waals surface area contributed by atoms with Crippen LogP contribution in [0.25, 0.3) is 0 Å². The second kappa shape index (κ2) is 14.1. The first-order valence-corrected chi connectivity index (χ1v) is 16.3. The van der Waals surface area contributed by atoms with Gasteiger partial charge in [0.2, 0.25) is 17.7 Å². The number of hydrogen-bond acceptors (Lipinski definition) is 6. The summed E-state index contributed by atoms with van der Waals surface area (Å²) < 4.78 is 17.2. The summed E-state index contributed by atoms with van der Waals surface area (Å²) in [5.41, 5.74) is 0.903. The second-order valence-electron chi connectivity index (χ2n) is 12.8. The first-order valence-electron chi connectivity index (χ1n) is 16.3. The minimum atomic E-state index is -0.852. The van der Waals surface area contributed by atoms with Crippen molar-refractivity contribution >= 4 is 29.3 Å². The minimum absolute atomic E-state index is 0.00122. The Bertz CT molecular complexity index is 1390. The van der Waals surface area contributed by atoms with Gasteiger partial charge in [0.25, 0.3) is 5.91 Å². The lowest BCUT2D eigenvalue weighted by molar-refractivity contribution is -0.138. The van der Waals surface area contributed by atoms with Gasteiger partial charge < -0.3 is 25.8 Å². The molecule has 0 unspecified atom stereocenters. The molecule has 45 heavy (non-hydrogen) atoms. The lowest BCUT2D eigenvalue weighted by Crippen LogP contribution is -2.55. The topological polar surface area (TPSA) is 129 Å². The number of rotatable bonds is 13. The molecule has 11 nitrogen and oxygen atoms in total. The number of benzene rings is 1. The van der Waals surface area contributed by atoms with E-state index in [1.54, 1.807) is 41.8 Å². The maximum absolute atomic E-state index is 15.7. The van der Waals surface area contributed by atoms with Crippen molar-refractivity contribution in [3.05, 3.63) is 47.5 Å². The molecule has 2 saturated carbocycles. The summed E-state index contributed by atoms with van der Waals surface area (Å²) in [6.07, 6.45) is 5.82. The van der Waals surface area contributed by atoms with Crippen molar-refractivity contribution in [2.75, 3.05) is 38.5 Å². The summed E-state index contributed by atoms with van der Waals surface area (Å²) in [5, 5.41) is 12.8. The predicted octanol–water partition coefficient (Wildman–Crippen LogP) is 2.99. The van der Waals surface area contributed by atoms with Crippen LogP contribution in [-0.4, -0.2) is 88.5 Å². The lowest BCUT2D eigenvalue weighted by atomic mass is 9.88. The van der Waals surface area contributed by atoms with E-state index < -0.39 is 29.7 Å². The Hall–Kier alpha value is -3.80. The van der Waals surface area contributed by atoms with Gasteiger partial charge in [0.05, 0.1) is 5.69 Å². The Labute approximate surface area is 264 Å². The van der Waals surface area contributed by atoms with Crippen LogP contribution in [0.2, 0.25) is 0 Å². The summed E-state index contributed by atoms with van der Waals surface area (Å²) >= 11 is 0. The van der Waals surface area contributed by atoms with Gasteiger partial charge in [-0.15, -0.1) is 0 Å². The number of piperazine rings is 1. The molecule has 4 amide bonds. The molecule has 244 valence electrons. The van der Waals surface area contributed by atoms with E-state index in [1.807, 2.05) is 14.0 Å². The molecule has 2 aromatic rings. The number of aromatic nitrogens is 2. The largest absolute Gasteiger partial charge is 0.344 e. The molecule has 3 fully saturated rings. The smallest absolute Gasteiger partial charge is 0.270 e. The van der Waals surface area contributed by atoms with Crippen molar-refractivity contribution in [3.63, 3.8) is 0 Å². The average molecular weight is 624 g/mol. The minimum Gasteiger partial charge on any atom is -0.344 e. The predicted molar refractivity (Wildman–Crippen MR) is 168 cm³/mol. The van der Waals surface area contributed by atoms with Crippen LogP contribution >= 0.6 is 0 Å². The van der Waals surface area contributed by atoms with Gasteiger partial charge >= 0.3 is 0 Å². The van der Waals surface area contributed by atoms with Gasteiger partial charge in [-0.05, 0) is 81.2 Å². The van der Waals surface area contributed by atoms with E-state index in [4.69, 9.17) is 0 Å². The second-order valence-corrected chi connectivity index (χ2v) is 12.8. The van der Waals surface area contributed by atoms with E-state index in [0.29, 0.717) is 42.7 Å². The number of aryl methyl sites for hydroxylation is 1. The quantitative estimate of drug-likeness (QED) is 0.315. The highest BCUT2D eigenvalue weighted by Crippen LogP contribution is 2.51. The number of nitrogens with one attached hydrogen (secondary N) is 3. The fourth-order valence-corrected chi connectivity index (χ4v) is 6.44. The first kappa shape index (κ1) is 32.6. The van der Waals surface area contributed by atoms with Crippen molar-refractivity contribution < 1.29 is 23.6 Å². The Morgan fingerprint density at radius 1 is 0.956 bits per heavy atom. The van der Waals surface area contributed by atoms with Gasteiger partial charge in [-0.1, -0.05) is 19.9 Å². The molecular weight excluding hydrogens is 577 g/mol. The van der Waals surface area contributed by atoms with Crippen LogP contribution in [0.5, 0.6) is 0 Å². The van der Waals surface area contributed by atoms with E-state index >= 15 is 4.39 Å². The first-order chi connectivity index (χ1) is 21.6. The number of hydrogen-bond donors (Lipinski definition) is 3. The summed E-state index contributed by atoms with van der Waals surface area (Å²) in [7, 11) is 2.00. The van der Waals surface area contributed by atoms with Crippen LogP contribution in [0.3, 0.4) is 0 Å². The third-order valence-electron chi connectivity index (χ3n) is 9.53. The number of amides is 4. The lowest BCUT2D eigenvalue weighted by Gasteiger charge is -2.36. The molecule has 12 heteroatoms. The number of carbonyl (C=O) groups is 4. The standard InChI is InChI=1S/C33H46FN7O4/c1-5-27(42)37-29(33(45)40-17-15-39(4)16-18-40)20(3)23-11-12-25(24(34)19-23)36-32(44)30(28(21-7-8-21)22-9-10-22)38-31(43)26-13-14-35-41(26)6-2/h11-14,19-22,28-30H,5-10,15-18H2,1-4H3,(H,36,44)(H,37,42)(H,38,43)/t20-,29+,30+/m0/s1. The molecule has 2 heterocycles. The molecule has 1 saturated heterocycles. The van der Waals surface area contributed by atoms with Crippen molar-refractivity contribution in [3.8, 4) is 0 Å². The van der Waals surface area contributed by atoms with Gasteiger partial charge in [-0.2, -0.15) is 5.10 Å². The van der Waals surface area contributed by atoms with Crippen LogP contribution in [0.15, 0.2) is 30.5 Å². The molecule has 0 radical (unpaired) electrons. The average Bonchev–Trinajstić information content (AvgIpc) is 3.99. The molecular formula is C33H46FN7O4. The summed E-state index contributed by atoms with van der Waals surface area (Å²) in [5.74, 6) is -1.75. The number of nitrogens with zero attached hydrogens (tertiary/aromatic N) is 4. The zero-order chi connectivity index (χ0) is 32.2. The Kier molecular flexibility index (Phi) is 10.2. The van der Waals surface area contributed by atoms with Crippen molar-refractivity contribution in [2.24, 2.45) is 17.8 Å². The Morgan fingerprint density at radius 3 is 2.20 bits per heavy atom. The Morgan fingerprint density at radius 2 is 1.62 bits per heavy atom. The van der Waals surface area contributed by atoms with Crippen LogP contribution in [0.1, 0.15) is 74.8 Å². The molecule has 0 spiro atoms. The van der Waals surface area contributed by atoms with E-state index in [2.05, 4.69) is 25.9 Å². The normalized spacial score (nSPS) is 19.1. The van der Waals surface area contributed by atoms with Crippen LogP contribution in [-0.2, 0) is 20.9 Å². The highest BCUT2D eigenvalue weighted by atomic mass is 19.1. The highest BCUT2D eigenvalue weighted by molar-refractivity contribution is 6.01. The summed E-state index contributed by atoms with van der Waals surface area (Å²) in [6, 6.07) is 4.45. The monoisotopic (exact) mass is 623 g/mol. The maximum atomic E-state index is 15.7. The molecule has 1 aromatic carbocycles. The maximum Gasteiger partial charge on any atom is 0.270 e. The molecule has 1 aromatic heterocycles. The number of halogens is 1. The summed E-state index contributed by atoms with van der Waals surface area (Å²) in [6.45, 7) is 8.51. The van der Waals surface area contributed by atoms with E-state index in [1.165, 1.54) is 12.1 Å². The van der Waals surface area contributed by atoms with E-state index in [9.17, 15) is 19.2 Å². The SMILES string of the molecule is CCC(=O)N[C@@H](C(=O)N1CCN(C)CC1)[C@@H](C)c1ccc(NC(=O)[C@H](NC(=O)c2ccnn2CC)C(C2CC2)C2CC2)c(F)c1. The molecule has 3 atom stereocenters. The number of likely N-dealkylation sites (N-methyl/N-ethyl adjacent to an activating group) is 1. The van der Waals surface area contributed by atoms with Gasteiger partial charge in [-0.3, -0.25) is 23.9 Å². The van der Waals surface area contributed by atoms with E-state index in [-0.39, 0.29) is 35.7 Å². The van der Waals surface area contributed by atoms with Crippen molar-refractivity contribution in [2.45, 2.75) is 77.4 Å². The van der Waals surface area contributed by atoms with Crippen LogP contribution < -0.4 is 16.0 Å². The fraction of sp³-hybridized carbons (Fsp3) is 0.606. The summed E-state index contributed by atoms with van der Waals surface area (Å²) in [4.78, 5) is 56.9. The zero-order valence-electron chi connectivity index (χ0n) is 26.7. The Balaban J connectivity index is 1.33. The molecule has 0 bridgehead atoms. The molecule has 2 aliphatic carbocycles. The highest BCUT2D eigenvalue weighted by Gasteiger charge is 2.48. The molecule has 1 aliphatic heterocycles. The van der Waals surface area contributed by atoms with E-state index in [0.717, 1.165) is 38.8 Å². The van der Waals surface area contributed by atoms with Gasteiger partial charge in [0.15, 0.2) is 0 Å². The van der Waals surface area contributed by atoms with Crippen molar-refractivity contribution in [1.29, 1.82) is 0 Å². The molecule has 3 aliphatic rings. The number of carbonyl (C=O) groups excluding carboxylic acids is 4. The third kappa shape index (κ3) is 7.71. The van der Waals surface area contributed by atoms with Gasteiger partial charge in [0.1, 0.15) is 23.6 Å². The van der Waals surface area contributed by atoms with Gasteiger partial charge in [-0.25, -0.2) is 4.39 Å². The van der Waals surface area contributed by atoms with Crippen LogP contribution in [0.4, 0.5) is 10.1 Å². The number of anilines is 1. The third-order valence-corrected chi connectivity index (χ3v) is 9.53. The molecule has 5 rings (SSSR count). The van der Waals surface area contributed by atoms with Crippen molar-refractivity contribution in [1.82, 2.24) is 30.2 Å². The molecule has 3 N–H and O–H groups in total.